The van der Waals surface area contributed by atoms with Crippen LogP contribution in [-0.2, 0) is 0 Å². The van der Waals surface area contributed by atoms with E-state index in [1.165, 1.54) is 0 Å². The highest BCUT2D eigenvalue weighted by Crippen LogP contribution is 2.31. The van der Waals surface area contributed by atoms with Crippen molar-refractivity contribution in [3.8, 4) is 11.5 Å². The van der Waals surface area contributed by atoms with Crippen molar-refractivity contribution in [1.82, 2.24) is 0 Å². The van der Waals surface area contributed by atoms with Gasteiger partial charge >= 0.3 is 0 Å². The predicted molar refractivity (Wildman–Crippen MR) is 58.2 cm³/mol. The molecule has 0 unspecified atom stereocenters. The lowest BCUT2D eigenvalue weighted by Crippen LogP contribution is -2.22. The second-order valence-corrected chi connectivity index (χ2v) is 3.03. The summed E-state index contributed by atoms with van der Waals surface area (Å²) in [5, 5.41) is 9.39. The van der Waals surface area contributed by atoms with Crippen molar-refractivity contribution < 1.29 is 9.84 Å². The maximum Gasteiger partial charge on any atom is 0.142 e. The van der Waals surface area contributed by atoms with E-state index in [0.29, 0.717) is 0 Å². The van der Waals surface area contributed by atoms with E-state index >= 15 is 0 Å². The van der Waals surface area contributed by atoms with E-state index in [-0.39, 0.29) is 5.75 Å². The molecule has 0 heterocycles. The first kappa shape index (κ1) is 10.7. The Bertz CT molecular complexity index is 295. The number of rotatable bonds is 4. The van der Waals surface area contributed by atoms with Crippen LogP contribution < -0.4 is 9.64 Å². The quantitative estimate of drug-likeness (QED) is 0.799. The molecule has 0 aliphatic heterocycles. The Kier molecular flexibility index (Phi) is 3.63. The van der Waals surface area contributed by atoms with E-state index < -0.39 is 0 Å². The average Bonchev–Trinajstić information content (AvgIpc) is 2.20. The normalized spacial score (nSPS) is 9.93. The first-order chi connectivity index (χ1) is 6.72. The maximum atomic E-state index is 9.39. The van der Waals surface area contributed by atoms with Gasteiger partial charge in [-0.25, -0.2) is 0 Å². The van der Waals surface area contributed by atoms with Crippen LogP contribution in [0.25, 0.3) is 0 Å². The number of anilines is 1. The molecular formula is C11H17NO2. The zero-order chi connectivity index (χ0) is 10.6. The van der Waals surface area contributed by atoms with Gasteiger partial charge in [-0.2, -0.15) is 0 Å². The number of phenolic OH excluding ortho intramolecular Hbond substituents is 1. The molecule has 0 saturated heterocycles. The van der Waals surface area contributed by atoms with E-state index in [1.807, 2.05) is 0 Å². The van der Waals surface area contributed by atoms with Crippen molar-refractivity contribution in [2.45, 2.75) is 13.8 Å². The van der Waals surface area contributed by atoms with Crippen LogP contribution in [-0.4, -0.2) is 25.3 Å². The van der Waals surface area contributed by atoms with E-state index in [4.69, 9.17) is 4.74 Å². The number of aromatic hydroxyl groups is 1. The van der Waals surface area contributed by atoms with E-state index in [1.54, 1.807) is 25.3 Å². The van der Waals surface area contributed by atoms with Gasteiger partial charge in [0.2, 0.25) is 0 Å². The first-order valence-electron chi connectivity index (χ1n) is 4.84. The molecule has 1 N–H and O–H groups in total. The van der Waals surface area contributed by atoms with Gasteiger partial charge in [-0.15, -0.1) is 0 Å². The van der Waals surface area contributed by atoms with E-state index in [2.05, 4.69) is 18.7 Å². The summed E-state index contributed by atoms with van der Waals surface area (Å²) in [5.74, 6) is 1.07. The van der Waals surface area contributed by atoms with Gasteiger partial charge in [0, 0.05) is 19.2 Å². The average molecular weight is 195 g/mol. The fraction of sp³-hybridized carbons (Fsp3) is 0.455. The SMILES string of the molecule is CCN(CC)c1cc(O)ccc1OC. The summed E-state index contributed by atoms with van der Waals surface area (Å²) in [5.41, 5.74) is 0.942. The highest BCUT2D eigenvalue weighted by Gasteiger charge is 2.09. The Morgan fingerprint density at radius 1 is 1.29 bits per heavy atom. The fourth-order valence-electron chi connectivity index (χ4n) is 1.49. The number of hydrogen-bond acceptors (Lipinski definition) is 3. The smallest absolute Gasteiger partial charge is 0.142 e. The second-order valence-electron chi connectivity index (χ2n) is 3.03. The van der Waals surface area contributed by atoms with Gasteiger partial charge in [-0.05, 0) is 26.0 Å². The van der Waals surface area contributed by atoms with Crippen LogP contribution in [0.3, 0.4) is 0 Å². The van der Waals surface area contributed by atoms with Crippen molar-refractivity contribution in [2.75, 3.05) is 25.1 Å². The summed E-state index contributed by atoms with van der Waals surface area (Å²) >= 11 is 0. The van der Waals surface area contributed by atoms with Crippen LogP contribution in [0.15, 0.2) is 18.2 Å². The first-order valence-corrected chi connectivity index (χ1v) is 4.84. The lowest BCUT2D eigenvalue weighted by Gasteiger charge is -2.23. The molecule has 1 aromatic rings. The van der Waals surface area contributed by atoms with Crippen LogP contribution in [0.5, 0.6) is 11.5 Å². The molecule has 14 heavy (non-hydrogen) atoms. The Morgan fingerprint density at radius 3 is 2.43 bits per heavy atom. The Labute approximate surface area is 84.9 Å². The number of ether oxygens (including phenoxy) is 1. The summed E-state index contributed by atoms with van der Waals surface area (Å²) in [6.45, 7) is 5.95. The number of methoxy groups -OCH3 is 1. The molecule has 0 spiro atoms. The molecule has 0 aliphatic carbocycles. The molecule has 1 aromatic carbocycles. The van der Waals surface area contributed by atoms with Gasteiger partial charge < -0.3 is 14.7 Å². The van der Waals surface area contributed by atoms with E-state index in [9.17, 15) is 5.11 Å². The van der Waals surface area contributed by atoms with E-state index in [0.717, 1.165) is 24.5 Å². The zero-order valence-corrected chi connectivity index (χ0v) is 8.95. The summed E-state index contributed by atoms with van der Waals surface area (Å²) in [4.78, 5) is 2.14. The molecule has 0 saturated carbocycles. The van der Waals surface area contributed by atoms with Crippen LogP contribution >= 0.6 is 0 Å². The van der Waals surface area contributed by atoms with Gasteiger partial charge in [0.05, 0.1) is 12.8 Å². The Morgan fingerprint density at radius 2 is 1.93 bits per heavy atom. The third-order valence-electron chi connectivity index (χ3n) is 2.27. The van der Waals surface area contributed by atoms with Crippen LogP contribution in [0.4, 0.5) is 5.69 Å². The minimum Gasteiger partial charge on any atom is -0.508 e. The fourth-order valence-corrected chi connectivity index (χ4v) is 1.49. The molecule has 0 amide bonds. The third kappa shape index (κ3) is 2.10. The standard InChI is InChI=1S/C11H17NO2/c1-4-12(5-2)10-8-9(13)6-7-11(10)14-3/h6-8,13H,4-5H2,1-3H3. The van der Waals surface area contributed by atoms with Crippen molar-refractivity contribution in [1.29, 1.82) is 0 Å². The van der Waals surface area contributed by atoms with Gasteiger partial charge in [-0.1, -0.05) is 0 Å². The molecule has 3 nitrogen and oxygen atoms in total. The number of benzene rings is 1. The summed E-state index contributed by atoms with van der Waals surface area (Å²) in [7, 11) is 1.64. The largest absolute Gasteiger partial charge is 0.508 e. The van der Waals surface area contributed by atoms with Crippen LogP contribution in [0, 0.1) is 0 Å². The van der Waals surface area contributed by atoms with Crippen molar-refractivity contribution in [3.05, 3.63) is 18.2 Å². The van der Waals surface area contributed by atoms with Gasteiger partial charge in [-0.3, -0.25) is 0 Å². The molecular weight excluding hydrogens is 178 g/mol. The number of phenols is 1. The zero-order valence-electron chi connectivity index (χ0n) is 8.95. The van der Waals surface area contributed by atoms with Crippen molar-refractivity contribution >= 4 is 5.69 Å². The molecule has 0 fully saturated rings. The highest BCUT2D eigenvalue weighted by atomic mass is 16.5. The molecule has 0 aliphatic rings. The predicted octanol–water partition coefficient (Wildman–Crippen LogP) is 2.25. The number of hydrogen-bond donors (Lipinski definition) is 1. The second kappa shape index (κ2) is 4.74. The minimum absolute atomic E-state index is 0.271. The maximum absolute atomic E-state index is 9.39. The number of nitrogens with zero attached hydrogens (tertiary/aromatic N) is 1. The Balaban J connectivity index is 3.08. The molecule has 1 rings (SSSR count). The third-order valence-corrected chi connectivity index (χ3v) is 2.27. The van der Waals surface area contributed by atoms with Gasteiger partial charge in [0.15, 0.2) is 0 Å². The molecule has 0 aromatic heterocycles. The Hall–Kier alpha value is -1.38. The minimum atomic E-state index is 0.271. The van der Waals surface area contributed by atoms with Crippen LogP contribution in [0.1, 0.15) is 13.8 Å². The molecule has 0 bridgehead atoms. The lowest BCUT2D eigenvalue weighted by molar-refractivity contribution is 0.412. The molecule has 3 heteroatoms. The topological polar surface area (TPSA) is 32.7 Å². The van der Waals surface area contributed by atoms with Crippen molar-refractivity contribution in [2.24, 2.45) is 0 Å². The monoisotopic (exact) mass is 195 g/mol. The van der Waals surface area contributed by atoms with Crippen molar-refractivity contribution in [3.63, 3.8) is 0 Å². The van der Waals surface area contributed by atoms with Gasteiger partial charge in [0.1, 0.15) is 11.5 Å². The van der Waals surface area contributed by atoms with Crippen LogP contribution in [0.2, 0.25) is 0 Å². The summed E-state index contributed by atoms with van der Waals surface area (Å²) in [6.07, 6.45) is 0. The van der Waals surface area contributed by atoms with Gasteiger partial charge in [0.25, 0.3) is 0 Å². The summed E-state index contributed by atoms with van der Waals surface area (Å²) < 4.78 is 5.23. The molecule has 0 radical (unpaired) electrons. The highest BCUT2D eigenvalue weighted by molar-refractivity contribution is 5.61. The lowest BCUT2D eigenvalue weighted by atomic mass is 10.2. The summed E-state index contributed by atoms with van der Waals surface area (Å²) in [6, 6.07) is 5.14. The molecule has 78 valence electrons. The molecule has 0 atom stereocenters.